The number of pyridine rings is 3. The molecule has 4 heterocycles. The lowest BCUT2D eigenvalue weighted by molar-refractivity contribution is -0.138. The number of anilines is 2. The average molecular weight is 496 g/mol. The second-order valence-electron chi connectivity index (χ2n) is 7.27. The zero-order valence-corrected chi connectivity index (χ0v) is 17.3. The van der Waals surface area contributed by atoms with Gasteiger partial charge in [-0.25, -0.2) is 4.98 Å². The summed E-state index contributed by atoms with van der Waals surface area (Å²) in [4.78, 5) is 11.5. The Labute approximate surface area is 192 Å². The van der Waals surface area contributed by atoms with Crippen molar-refractivity contribution >= 4 is 22.4 Å². The van der Waals surface area contributed by atoms with Gasteiger partial charge in [0.05, 0.1) is 29.6 Å². The van der Waals surface area contributed by atoms with Gasteiger partial charge in [-0.3, -0.25) is 9.97 Å². The summed E-state index contributed by atoms with van der Waals surface area (Å²) >= 11 is 0. The smallest absolute Gasteiger partial charge is 0.393 e. The van der Waals surface area contributed by atoms with Gasteiger partial charge in [0.2, 0.25) is 0 Å². The van der Waals surface area contributed by atoms with Gasteiger partial charge < -0.3 is 15.5 Å². The Morgan fingerprint density at radius 2 is 1.66 bits per heavy atom. The van der Waals surface area contributed by atoms with E-state index in [1.807, 2.05) is 0 Å². The number of fused-ring (bicyclic) bond motifs is 1. The van der Waals surface area contributed by atoms with Gasteiger partial charge in [-0.15, -0.1) is 5.10 Å². The molecular weight excluding hydrogens is 482 g/mol. The zero-order valence-electron chi connectivity index (χ0n) is 17.3. The highest BCUT2D eigenvalue weighted by Crippen LogP contribution is 2.37. The van der Waals surface area contributed by atoms with Crippen molar-refractivity contribution in [1.29, 1.82) is 0 Å². The van der Waals surface area contributed by atoms with E-state index < -0.39 is 41.9 Å². The van der Waals surface area contributed by atoms with Crippen molar-refractivity contribution in [1.82, 2.24) is 25.1 Å². The van der Waals surface area contributed by atoms with E-state index in [1.54, 1.807) is 0 Å². The summed E-state index contributed by atoms with van der Waals surface area (Å²) in [6, 6.07) is 3.89. The molecule has 0 aromatic carbocycles. The van der Waals surface area contributed by atoms with Crippen molar-refractivity contribution in [3.8, 4) is 11.4 Å². The fourth-order valence-electron chi connectivity index (χ4n) is 3.15. The fraction of sp³-hybridized carbons (Fsp3) is 0.190. The van der Waals surface area contributed by atoms with Crippen LogP contribution in [0.25, 0.3) is 22.2 Å². The summed E-state index contributed by atoms with van der Waals surface area (Å²) in [7, 11) is 0. The topological polar surface area (TPSA) is 117 Å². The Balaban J connectivity index is 1.72. The second kappa shape index (κ2) is 9.03. The minimum Gasteiger partial charge on any atom is -0.393 e. The molecule has 8 nitrogen and oxygen atoms in total. The molecule has 35 heavy (non-hydrogen) atoms. The first kappa shape index (κ1) is 24.2. The van der Waals surface area contributed by atoms with E-state index in [-0.39, 0.29) is 22.9 Å². The molecule has 4 rings (SSSR count). The molecule has 4 aromatic rings. The lowest BCUT2D eigenvalue weighted by Gasteiger charge is -2.15. The molecule has 3 N–H and O–H groups in total. The van der Waals surface area contributed by atoms with E-state index in [0.29, 0.717) is 23.0 Å². The second-order valence-corrected chi connectivity index (χ2v) is 7.27. The van der Waals surface area contributed by atoms with Crippen LogP contribution in [0.15, 0.2) is 49.1 Å². The molecule has 0 aliphatic carbocycles. The van der Waals surface area contributed by atoms with Crippen LogP contribution < -0.4 is 5.32 Å². The summed E-state index contributed by atoms with van der Waals surface area (Å²) in [5.41, 5.74) is -2.98. The number of halogens is 6. The van der Waals surface area contributed by atoms with Crippen LogP contribution in [0.1, 0.15) is 22.8 Å². The Bertz CT molecular complexity index is 1360. The summed E-state index contributed by atoms with van der Waals surface area (Å²) in [6.07, 6.45) is -6.80. The van der Waals surface area contributed by atoms with E-state index in [9.17, 15) is 31.4 Å². The van der Waals surface area contributed by atoms with Crippen molar-refractivity contribution in [2.24, 2.45) is 0 Å². The van der Waals surface area contributed by atoms with E-state index in [4.69, 9.17) is 5.11 Å². The van der Waals surface area contributed by atoms with Gasteiger partial charge in [0, 0.05) is 34.9 Å². The van der Waals surface area contributed by atoms with E-state index >= 15 is 0 Å². The maximum atomic E-state index is 13.7. The molecule has 182 valence electrons. The van der Waals surface area contributed by atoms with Crippen LogP contribution in [0.3, 0.4) is 0 Å². The highest BCUT2D eigenvalue weighted by molar-refractivity contribution is 5.93. The molecule has 0 aliphatic rings. The van der Waals surface area contributed by atoms with Crippen molar-refractivity contribution in [2.75, 3.05) is 11.9 Å². The molecule has 0 spiro atoms. The monoisotopic (exact) mass is 496 g/mol. The SMILES string of the molecule is OC[C@@H](O)c1cnc(-c2cc3cnnc(Nc4ccc(C(F)(F)F)cn4)c3cn2)c(C(F)(F)F)c1. The van der Waals surface area contributed by atoms with Crippen molar-refractivity contribution in [2.45, 2.75) is 18.5 Å². The van der Waals surface area contributed by atoms with Gasteiger partial charge in [0.25, 0.3) is 0 Å². The number of hydrogen-bond acceptors (Lipinski definition) is 8. The van der Waals surface area contributed by atoms with Crippen LogP contribution in [-0.2, 0) is 12.4 Å². The zero-order chi connectivity index (χ0) is 25.4. The van der Waals surface area contributed by atoms with Crippen LogP contribution in [0.4, 0.5) is 38.0 Å². The van der Waals surface area contributed by atoms with Crippen molar-refractivity contribution in [3.63, 3.8) is 0 Å². The summed E-state index contributed by atoms with van der Waals surface area (Å²) in [5, 5.41) is 29.7. The molecule has 0 radical (unpaired) electrons. The number of nitrogens with zero attached hydrogens (tertiary/aromatic N) is 5. The van der Waals surface area contributed by atoms with Crippen molar-refractivity contribution < 1.29 is 36.6 Å². The normalized spacial score (nSPS) is 13.1. The predicted octanol–water partition coefficient (Wildman–Crippen LogP) is 4.29. The molecule has 0 bridgehead atoms. The third-order valence-electron chi connectivity index (χ3n) is 4.90. The Morgan fingerprint density at radius 1 is 0.886 bits per heavy atom. The number of alkyl halides is 6. The van der Waals surface area contributed by atoms with E-state index in [1.165, 1.54) is 18.5 Å². The molecule has 1 atom stereocenters. The van der Waals surface area contributed by atoms with Crippen LogP contribution >= 0.6 is 0 Å². The molecule has 0 saturated carbocycles. The number of aromatic nitrogens is 5. The Hall–Kier alpha value is -3.91. The molecule has 0 fully saturated rings. The molecule has 14 heteroatoms. The van der Waals surface area contributed by atoms with Crippen LogP contribution in [0.2, 0.25) is 0 Å². The molecule has 0 unspecified atom stereocenters. The molecule has 0 aliphatic heterocycles. The molecule has 0 amide bonds. The maximum Gasteiger partial charge on any atom is 0.418 e. The van der Waals surface area contributed by atoms with E-state index in [2.05, 4.69) is 30.5 Å². The van der Waals surface area contributed by atoms with Crippen LogP contribution in [0.5, 0.6) is 0 Å². The minimum atomic E-state index is -4.83. The molecule has 4 aromatic heterocycles. The first-order valence-corrected chi connectivity index (χ1v) is 9.75. The third-order valence-corrected chi connectivity index (χ3v) is 4.90. The lowest BCUT2D eigenvalue weighted by Crippen LogP contribution is -2.12. The van der Waals surface area contributed by atoms with Gasteiger partial charge in [-0.1, -0.05) is 0 Å². The third kappa shape index (κ3) is 5.12. The van der Waals surface area contributed by atoms with Crippen molar-refractivity contribution in [3.05, 3.63) is 65.7 Å². The largest absolute Gasteiger partial charge is 0.418 e. The number of hydrogen-bond donors (Lipinski definition) is 3. The number of aliphatic hydroxyl groups is 2. The van der Waals surface area contributed by atoms with Crippen LogP contribution in [0, 0.1) is 0 Å². The molecular formula is C21H14F6N6O2. The van der Waals surface area contributed by atoms with Gasteiger partial charge in [-0.2, -0.15) is 31.4 Å². The summed E-state index contributed by atoms with van der Waals surface area (Å²) in [5.74, 6) is 0.0992. The average Bonchev–Trinajstić information content (AvgIpc) is 2.82. The summed E-state index contributed by atoms with van der Waals surface area (Å²) < 4.78 is 79.2. The highest BCUT2D eigenvalue weighted by Gasteiger charge is 2.36. The minimum absolute atomic E-state index is 0.0305. The standard InChI is InChI=1S/C21H14F6N6O2/c22-20(23,24)12-1-2-17(29-7-12)32-19-13-8-28-15(4-10(13)6-31-33-19)18-14(21(25,26)27)3-11(5-30-18)16(35)9-34/h1-8,16,34-35H,9H2,(H,29,32,33)/t16-/m1/s1. The number of nitrogens with one attached hydrogen (secondary N) is 1. The van der Waals surface area contributed by atoms with E-state index in [0.717, 1.165) is 18.3 Å². The summed E-state index contributed by atoms with van der Waals surface area (Å²) in [6.45, 7) is -0.783. The first-order chi connectivity index (χ1) is 16.5. The lowest BCUT2D eigenvalue weighted by atomic mass is 10.0. The number of rotatable bonds is 5. The predicted molar refractivity (Wildman–Crippen MR) is 110 cm³/mol. The molecule has 0 saturated heterocycles. The maximum absolute atomic E-state index is 13.7. The van der Waals surface area contributed by atoms with Gasteiger partial charge >= 0.3 is 12.4 Å². The quantitative estimate of drug-likeness (QED) is 0.351. The fourth-order valence-corrected chi connectivity index (χ4v) is 3.15. The van der Waals surface area contributed by atoms with Gasteiger partial charge in [-0.05, 0) is 24.3 Å². The van der Waals surface area contributed by atoms with Crippen LogP contribution in [-0.4, -0.2) is 42.0 Å². The first-order valence-electron chi connectivity index (χ1n) is 9.75. The van der Waals surface area contributed by atoms with Gasteiger partial charge in [0.1, 0.15) is 17.6 Å². The Morgan fingerprint density at radius 3 is 2.29 bits per heavy atom. The Kier molecular flexibility index (Phi) is 6.25. The van der Waals surface area contributed by atoms with Gasteiger partial charge in [0.15, 0.2) is 5.82 Å². The highest BCUT2D eigenvalue weighted by atomic mass is 19.4. The number of aliphatic hydroxyl groups excluding tert-OH is 2.